The fraction of sp³-hybridized carbons (Fsp3) is 0.441. The molecule has 5 heterocycles. The van der Waals surface area contributed by atoms with Crippen LogP contribution in [0.5, 0.6) is 0 Å². The Morgan fingerprint density at radius 1 is 0.500 bits per heavy atom. The molecule has 4 nitrogen and oxygen atoms in total. The van der Waals surface area contributed by atoms with E-state index in [2.05, 4.69) is 182 Å². The van der Waals surface area contributed by atoms with Gasteiger partial charge in [-0.3, -0.25) is 5.32 Å². The zero-order chi connectivity index (χ0) is 51.3. The molecule has 2 atom stereocenters. The molecule has 2 unspecified atom stereocenters. The minimum absolute atomic E-state index is 0.0870. The zero-order valence-electron chi connectivity index (χ0n) is 46.0. The summed E-state index contributed by atoms with van der Waals surface area (Å²) in [5.74, 6) is 7.89. The lowest BCUT2D eigenvalue weighted by atomic mass is 9.93. The molecule has 5 aromatic rings. The van der Waals surface area contributed by atoms with Crippen molar-refractivity contribution < 1.29 is 0 Å². The second kappa shape index (κ2) is 25.4. The van der Waals surface area contributed by atoms with Gasteiger partial charge in [-0.2, -0.15) is 0 Å². The van der Waals surface area contributed by atoms with Crippen molar-refractivity contribution in [2.75, 3.05) is 0 Å². The van der Waals surface area contributed by atoms with Crippen molar-refractivity contribution in [2.24, 2.45) is 9.98 Å². The van der Waals surface area contributed by atoms with Gasteiger partial charge in [0.15, 0.2) is 0 Å². The Labute approximate surface area is 447 Å². The minimum atomic E-state index is -1.91. The number of hydrogen-bond donors (Lipinski definition) is 2. The first-order chi connectivity index (χ1) is 36.1. The summed E-state index contributed by atoms with van der Waals surface area (Å²) in [7, 11) is -3.81. The van der Waals surface area contributed by atoms with Crippen LogP contribution in [0.15, 0.2) is 119 Å². The second-order valence-corrected chi connectivity index (χ2v) is 32.2. The number of nitrogens with one attached hydrogen (secondary N) is 2. The Morgan fingerprint density at radius 2 is 1.00 bits per heavy atom. The first-order valence-electron chi connectivity index (χ1n) is 29.2. The number of unbranched alkanes of at least 4 members (excludes halogenated alkanes) is 18. The topological polar surface area (TPSA) is 52.5 Å². The Hall–Kier alpha value is -5.51. The van der Waals surface area contributed by atoms with Crippen LogP contribution in [0.2, 0.25) is 38.3 Å². The maximum Gasteiger partial charge on any atom is 0.132 e. The van der Waals surface area contributed by atoms with Crippen molar-refractivity contribution >= 4 is 61.4 Å². The summed E-state index contributed by atoms with van der Waals surface area (Å²) in [6.07, 6.45) is 31.7. The van der Waals surface area contributed by atoms with Crippen LogP contribution in [0.3, 0.4) is 0 Å². The van der Waals surface area contributed by atoms with Gasteiger partial charge in [-0.05, 0) is 35.4 Å². The third kappa shape index (κ3) is 12.9. The van der Waals surface area contributed by atoms with E-state index in [4.69, 9.17) is 9.98 Å². The Balaban J connectivity index is 1.13. The third-order valence-corrected chi connectivity index (χ3v) is 20.9. The highest BCUT2D eigenvalue weighted by molar-refractivity contribution is 6.85. The van der Waals surface area contributed by atoms with E-state index in [0.29, 0.717) is 0 Å². The average molecular weight is 1010 g/mol. The van der Waals surface area contributed by atoms with Gasteiger partial charge in [-0.25, -0.2) is 9.98 Å². The number of nitrogens with zero attached hydrogens (tertiary/aromatic N) is 2. The molecule has 9 rings (SSSR count). The molecule has 0 radical (unpaired) electrons. The molecule has 74 heavy (non-hydrogen) atoms. The standard InChI is InChI=1S/C68H84N4Si2/c1-7-9-11-13-15-17-19-21-23-33-45-73(3,4)47-43-59-65-55-39-29-25-35-51(55)61(69-65)49-63-53-37-27-31-41-57(53)67(71-63)60(44-48-74(5,6)46-34-24-22-20-18-16-14-12-10-8-2)68-58-42-32-28-38-54(58)64(72-68)50-62-52-36-26-30-40-56(52)66(59)70-62/h25-32,35-42,49-50,61,65,69,72H,7-24,33-34,45-46H2,1-6H3/b63-49-,64-50-,66-59-,68-60-. The van der Waals surface area contributed by atoms with E-state index in [1.807, 2.05) is 0 Å². The molecule has 0 saturated carbocycles. The number of aliphatic imine (C=N–C) groups is 2. The summed E-state index contributed by atoms with van der Waals surface area (Å²) in [4.78, 5) is 15.4. The van der Waals surface area contributed by atoms with E-state index < -0.39 is 16.1 Å². The molecule has 6 heteroatoms. The van der Waals surface area contributed by atoms with Gasteiger partial charge in [-0.1, -0.05) is 277 Å². The molecular formula is C68H84N4Si2. The minimum Gasteiger partial charge on any atom is -0.353 e. The van der Waals surface area contributed by atoms with Crippen LogP contribution >= 0.6 is 0 Å². The lowest BCUT2D eigenvalue weighted by molar-refractivity contribution is 0.561. The molecule has 4 aromatic carbocycles. The molecule has 0 spiro atoms. The Bertz CT molecular complexity index is 3170. The molecule has 2 N–H and O–H groups in total. The molecule has 4 aliphatic rings. The van der Waals surface area contributed by atoms with Crippen LogP contribution in [0.4, 0.5) is 0 Å². The molecule has 0 amide bonds. The Morgan fingerprint density at radius 3 is 1.62 bits per heavy atom. The quantitative estimate of drug-likeness (QED) is 0.0405. The monoisotopic (exact) mass is 1010 g/mol. The van der Waals surface area contributed by atoms with E-state index in [1.165, 1.54) is 152 Å². The maximum atomic E-state index is 5.68. The maximum absolute atomic E-state index is 5.68. The van der Waals surface area contributed by atoms with Gasteiger partial charge >= 0.3 is 0 Å². The number of aromatic nitrogens is 1. The molecule has 0 fully saturated rings. The number of rotatable bonds is 22. The predicted octanol–water partition coefficient (Wildman–Crippen LogP) is 16.9. The van der Waals surface area contributed by atoms with Crippen LogP contribution in [0, 0.1) is 22.9 Å². The SMILES string of the molecule is CCCCCCCCCCCC[Si](C)(C)C#C/C1=C2N=C(/C=c3\[nH]/c(c4ccccc34)=C(/C#C[Si](C)(C)CCCCCCCCCCCC)C3=N/C(=C\C4NC1c1ccccc14)c1ccccc13)c1ccccc1/2. The normalized spacial score (nSPS) is 19.5. The van der Waals surface area contributed by atoms with E-state index in [9.17, 15) is 0 Å². The zero-order valence-corrected chi connectivity index (χ0v) is 48.0. The third-order valence-electron chi connectivity index (χ3n) is 16.1. The van der Waals surface area contributed by atoms with Crippen molar-refractivity contribution in [2.45, 2.75) is 193 Å². The first-order valence-corrected chi connectivity index (χ1v) is 35.6. The smallest absolute Gasteiger partial charge is 0.132 e. The first kappa shape index (κ1) is 53.3. The van der Waals surface area contributed by atoms with Gasteiger partial charge in [0.1, 0.15) is 16.1 Å². The lowest BCUT2D eigenvalue weighted by Gasteiger charge is -2.18. The molecule has 0 aliphatic carbocycles. The lowest BCUT2D eigenvalue weighted by Crippen LogP contribution is -2.24. The Kier molecular flexibility index (Phi) is 18.3. The van der Waals surface area contributed by atoms with Gasteiger partial charge in [0.25, 0.3) is 0 Å². The summed E-state index contributed by atoms with van der Waals surface area (Å²) in [6, 6.07) is 37.6. The van der Waals surface area contributed by atoms with Crippen LogP contribution in [0.1, 0.15) is 188 Å². The van der Waals surface area contributed by atoms with E-state index in [0.717, 1.165) is 77.7 Å². The number of hydrogen-bond acceptors (Lipinski definition) is 3. The highest BCUT2D eigenvalue weighted by Crippen LogP contribution is 2.44. The summed E-state index contributed by atoms with van der Waals surface area (Å²) < 4.78 is 0. The summed E-state index contributed by atoms with van der Waals surface area (Å²) >= 11 is 0. The van der Waals surface area contributed by atoms with Crippen molar-refractivity contribution in [3.8, 4) is 22.9 Å². The summed E-state index contributed by atoms with van der Waals surface area (Å²) in [5, 5.41) is 8.53. The van der Waals surface area contributed by atoms with Gasteiger partial charge in [-0.15, -0.1) is 11.1 Å². The van der Waals surface area contributed by atoms with Crippen LogP contribution in [-0.2, 0) is 0 Å². The van der Waals surface area contributed by atoms with Crippen molar-refractivity contribution in [3.63, 3.8) is 0 Å². The van der Waals surface area contributed by atoms with Gasteiger partial charge < -0.3 is 4.98 Å². The number of benzene rings is 4. The second-order valence-electron chi connectivity index (χ2n) is 23.2. The molecular weight excluding hydrogens is 929 g/mol. The van der Waals surface area contributed by atoms with Gasteiger partial charge in [0, 0.05) is 43.9 Å². The highest BCUT2D eigenvalue weighted by Gasteiger charge is 2.36. The van der Waals surface area contributed by atoms with E-state index in [-0.39, 0.29) is 12.1 Å². The van der Waals surface area contributed by atoms with E-state index in [1.54, 1.807) is 0 Å². The van der Waals surface area contributed by atoms with Crippen molar-refractivity contribution in [1.82, 2.24) is 10.3 Å². The van der Waals surface area contributed by atoms with Crippen molar-refractivity contribution in [1.29, 1.82) is 0 Å². The molecule has 1 aromatic heterocycles. The number of fused-ring (bicyclic) bond motifs is 18. The number of aromatic amines is 1. The molecule has 4 aliphatic heterocycles. The highest BCUT2D eigenvalue weighted by atomic mass is 28.3. The van der Waals surface area contributed by atoms with Crippen LogP contribution < -0.4 is 16.0 Å². The van der Waals surface area contributed by atoms with Gasteiger partial charge in [0.05, 0.1) is 45.8 Å². The van der Waals surface area contributed by atoms with Gasteiger partial charge in [0.2, 0.25) is 0 Å². The number of H-pyrrole nitrogens is 1. The fourth-order valence-corrected chi connectivity index (χ4v) is 15.2. The average Bonchev–Trinajstić information content (AvgIpc) is 4.17. The molecule has 8 bridgehead atoms. The molecule has 0 saturated heterocycles. The molecule has 384 valence electrons. The van der Waals surface area contributed by atoms with Crippen LogP contribution in [0.25, 0.3) is 33.8 Å². The predicted molar refractivity (Wildman–Crippen MR) is 325 cm³/mol. The largest absolute Gasteiger partial charge is 0.353 e. The van der Waals surface area contributed by atoms with Crippen LogP contribution in [-0.4, -0.2) is 32.6 Å². The van der Waals surface area contributed by atoms with E-state index >= 15 is 0 Å². The van der Waals surface area contributed by atoms with Crippen molar-refractivity contribution in [3.05, 3.63) is 153 Å². The summed E-state index contributed by atoms with van der Waals surface area (Å²) in [5.41, 5.74) is 21.0. The fourth-order valence-electron chi connectivity index (χ4n) is 11.8. The summed E-state index contributed by atoms with van der Waals surface area (Å²) in [6.45, 7) is 14.5.